The molecule has 1 saturated carbocycles. The summed E-state index contributed by atoms with van der Waals surface area (Å²) in [6.07, 6.45) is 10.1. The summed E-state index contributed by atoms with van der Waals surface area (Å²) in [4.78, 5) is 25.2. The van der Waals surface area contributed by atoms with Crippen LogP contribution in [0.5, 0.6) is 5.75 Å². The van der Waals surface area contributed by atoms with Gasteiger partial charge in [0.2, 0.25) is 0 Å². The number of aromatic nitrogens is 1. The zero-order chi connectivity index (χ0) is 24.5. The highest BCUT2D eigenvalue weighted by Crippen LogP contribution is 2.47. The second-order valence-electron chi connectivity index (χ2n) is 9.87. The maximum absolute atomic E-state index is 12.9. The van der Waals surface area contributed by atoms with Gasteiger partial charge >= 0.3 is 5.97 Å². The molecule has 0 radical (unpaired) electrons. The second-order valence-corrected chi connectivity index (χ2v) is 9.87. The topological polar surface area (TPSA) is 68.5 Å². The predicted octanol–water partition coefficient (Wildman–Crippen LogP) is 7.22. The molecule has 35 heavy (non-hydrogen) atoms. The maximum atomic E-state index is 12.9. The van der Waals surface area contributed by atoms with Gasteiger partial charge in [-0.2, -0.15) is 0 Å². The minimum absolute atomic E-state index is 0.149. The number of carbonyl (C=O) groups is 2. The lowest BCUT2D eigenvalue weighted by atomic mass is 9.81. The SMILES string of the molecule is CCCCC(=O)c1ccc2c(C3CCCCC3)c3n(c2c1)CC(C(=O)O)=Cc1cc(OC)ccc1-3. The number of fused-ring (bicyclic) bond motifs is 5. The van der Waals surface area contributed by atoms with Gasteiger partial charge in [-0.25, -0.2) is 4.79 Å². The van der Waals surface area contributed by atoms with Crippen molar-refractivity contribution in [2.75, 3.05) is 7.11 Å². The molecule has 182 valence electrons. The van der Waals surface area contributed by atoms with Crippen LogP contribution in [0.2, 0.25) is 0 Å². The van der Waals surface area contributed by atoms with Gasteiger partial charge in [-0.15, -0.1) is 0 Å². The van der Waals surface area contributed by atoms with Crippen molar-refractivity contribution in [1.82, 2.24) is 4.57 Å². The Hall–Kier alpha value is -3.34. The molecule has 0 saturated heterocycles. The summed E-state index contributed by atoms with van der Waals surface area (Å²) in [6, 6.07) is 12.0. The normalized spacial score (nSPS) is 15.8. The van der Waals surface area contributed by atoms with Crippen molar-refractivity contribution >= 4 is 28.7 Å². The summed E-state index contributed by atoms with van der Waals surface area (Å²) >= 11 is 0. The Balaban J connectivity index is 1.79. The highest BCUT2D eigenvalue weighted by Gasteiger charge is 2.30. The number of carboxylic acid groups (broad SMARTS) is 1. The van der Waals surface area contributed by atoms with Gasteiger partial charge in [0.25, 0.3) is 0 Å². The number of unbranched alkanes of at least 4 members (excludes halogenated alkanes) is 1. The number of rotatable bonds is 7. The lowest BCUT2D eigenvalue weighted by molar-refractivity contribution is -0.132. The Morgan fingerprint density at radius 1 is 1.09 bits per heavy atom. The summed E-state index contributed by atoms with van der Waals surface area (Å²) in [5, 5.41) is 11.2. The van der Waals surface area contributed by atoms with E-state index in [1.54, 1.807) is 13.2 Å². The number of aliphatic carboxylic acids is 1. The molecule has 0 amide bonds. The number of ketones is 1. The Kier molecular flexibility index (Phi) is 6.50. The minimum atomic E-state index is -0.928. The molecule has 0 unspecified atom stereocenters. The number of carboxylic acids is 1. The van der Waals surface area contributed by atoms with Crippen LogP contribution in [-0.2, 0) is 11.3 Å². The van der Waals surface area contributed by atoms with Gasteiger partial charge in [0.05, 0.1) is 24.9 Å². The van der Waals surface area contributed by atoms with Crippen molar-refractivity contribution in [3.63, 3.8) is 0 Å². The second kappa shape index (κ2) is 9.73. The molecule has 0 bridgehead atoms. The third-order valence-corrected chi connectivity index (χ3v) is 7.64. The van der Waals surface area contributed by atoms with E-state index in [1.807, 2.05) is 24.3 Å². The number of hydrogen-bond donors (Lipinski definition) is 1. The lowest BCUT2D eigenvalue weighted by Crippen LogP contribution is -2.10. The summed E-state index contributed by atoms with van der Waals surface area (Å²) in [7, 11) is 1.63. The van der Waals surface area contributed by atoms with E-state index in [4.69, 9.17) is 4.74 Å². The van der Waals surface area contributed by atoms with E-state index in [9.17, 15) is 14.7 Å². The summed E-state index contributed by atoms with van der Waals surface area (Å²) < 4.78 is 7.61. The predicted molar refractivity (Wildman–Crippen MR) is 139 cm³/mol. The highest BCUT2D eigenvalue weighted by atomic mass is 16.5. The minimum Gasteiger partial charge on any atom is -0.497 e. The Bertz CT molecular complexity index is 1320. The fourth-order valence-corrected chi connectivity index (χ4v) is 5.83. The summed E-state index contributed by atoms with van der Waals surface area (Å²) in [5.41, 5.74) is 6.28. The molecule has 2 aromatic carbocycles. The van der Waals surface area contributed by atoms with Gasteiger partial charge < -0.3 is 14.4 Å². The van der Waals surface area contributed by atoms with E-state index < -0.39 is 5.97 Å². The molecule has 1 N–H and O–H groups in total. The molecule has 2 aliphatic rings. The smallest absolute Gasteiger partial charge is 0.333 e. The quantitative estimate of drug-likeness (QED) is 0.369. The average molecular weight is 472 g/mol. The third-order valence-electron chi connectivity index (χ3n) is 7.64. The molecular formula is C30H33NO4. The highest BCUT2D eigenvalue weighted by molar-refractivity contribution is 6.03. The summed E-state index contributed by atoms with van der Waals surface area (Å²) in [6.45, 7) is 2.35. The number of hydrogen-bond acceptors (Lipinski definition) is 3. The van der Waals surface area contributed by atoms with Gasteiger partial charge in [-0.1, -0.05) is 44.7 Å². The number of methoxy groups -OCH3 is 1. The van der Waals surface area contributed by atoms with E-state index in [2.05, 4.69) is 23.6 Å². The zero-order valence-corrected chi connectivity index (χ0v) is 20.6. The Morgan fingerprint density at radius 2 is 1.89 bits per heavy atom. The third kappa shape index (κ3) is 4.29. The molecule has 2 heterocycles. The van der Waals surface area contributed by atoms with E-state index in [0.29, 0.717) is 29.2 Å². The molecule has 0 spiro atoms. The first-order valence-electron chi connectivity index (χ1n) is 12.8. The number of ether oxygens (including phenoxy) is 1. The van der Waals surface area contributed by atoms with Crippen LogP contribution in [-0.4, -0.2) is 28.5 Å². The van der Waals surface area contributed by atoms with Crippen molar-refractivity contribution in [3.8, 4) is 17.0 Å². The molecule has 1 aromatic heterocycles. The van der Waals surface area contributed by atoms with Crippen molar-refractivity contribution < 1.29 is 19.4 Å². The van der Waals surface area contributed by atoms with E-state index in [1.165, 1.54) is 24.8 Å². The van der Waals surface area contributed by atoms with Crippen molar-refractivity contribution in [1.29, 1.82) is 0 Å². The first kappa shape index (κ1) is 23.4. The maximum Gasteiger partial charge on any atom is 0.333 e. The van der Waals surface area contributed by atoms with Crippen molar-refractivity contribution in [2.24, 2.45) is 0 Å². The van der Waals surface area contributed by atoms with Gasteiger partial charge in [0, 0.05) is 28.5 Å². The standard InChI is InChI=1S/C30H33NO4/c1-3-4-10-27(32)20-11-13-25-26(17-20)31-18-22(30(33)34)15-21-16-23(35-2)12-14-24(21)29(31)28(25)19-8-6-5-7-9-19/h11-17,19H,3-10,18H2,1-2H3,(H,33,34). The molecule has 0 atom stereocenters. The van der Waals surface area contributed by atoms with Crippen LogP contribution < -0.4 is 4.74 Å². The number of Topliss-reactive ketones (excluding diaryl/α,β-unsaturated/α-hetero) is 1. The van der Waals surface area contributed by atoms with Gasteiger partial charge in [0.1, 0.15) is 5.75 Å². The van der Waals surface area contributed by atoms with Crippen LogP contribution in [0.4, 0.5) is 0 Å². The Labute approximate surface area is 206 Å². The van der Waals surface area contributed by atoms with Gasteiger partial charge in [-0.05, 0) is 66.6 Å². The van der Waals surface area contributed by atoms with Crippen LogP contribution >= 0.6 is 0 Å². The molecule has 5 rings (SSSR count). The fourth-order valence-electron chi connectivity index (χ4n) is 5.83. The molecule has 5 heteroatoms. The first-order valence-corrected chi connectivity index (χ1v) is 12.8. The van der Waals surface area contributed by atoms with E-state index in [-0.39, 0.29) is 12.3 Å². The van der Waals surface area contributed by atoms with Crippen molar-refractivity contribution in [2.45, 2.75) is 70.8 Å². The number of benzene rings is 2. The molecule has 3 aromatic rings. The molecule has 1 fully saturated rings. The largest absolute Gasteiger partial charge is 0.497 e. The number of nitrogens with zero attached hydrogens (tertiary/aromatic N) is 1. The number of carbonyl (C=O) groups excluding carboxylic acids is 1. The van der Waals surface area contributed by atoms with Crippen LogP contribution in [0.3, 0.4) is 0 Å². The summed E-state index contributed by atoms with van der Waals surface area (Å²) in [5.74, 6) is 0.349. The molecule has 5 nitrogen and oxygen atoms in total. The van der Waals surface area contributed by atoms with Crippen LogP contribution in [0.25, 0.3) is 28.2 Å². The van der Waals surface area contributed by atoms with Gasteiger partial charge in [0.15, 0.2) is 5.78 Å². The molecular weight excluding hydrogens is 438 g/mol. The Morgan fingerprint density at radius 3 is 2.60 bits per heavy atom. The van der Waals surface area contributed by atoms with E-state index >= 15 is 0 Å². The van der Waals surface area contributed by atoms with Crippen LogP contribution in [0.15, 0.2) is 42.0 Å². The monoisotopic (exact) mass is 471 g/mol. The van der Waals surface area contributed by atoms with E-state index in [0.717, 1.165) is 53.4 Å². The first-order chi connectivity index (χ1) is 17.0. The zero-order valence-electron chi connectivity index (χ0n) is 20.6. The fraction of sp³-hybridized carbons (Fsp3) is 0.400. The van der Waals surface area contributed by atoms with Gasteiger partial charge in [-0.3, -0.25) is 4.79 Å². The molecule has 1 aliphatic heterocycles. The lowest BCUT2D eigenvalue weighted by Gasteiger charge is -2.24. The van der Waals surface area contributed by atoms with Crippen molar-refractivity contribution in [3.05, 3.63) is 58.7 Å². The molecule has 1 aliphatic carbocycles. The van der Waals surface area contributed by atoms with Crippen LogP contribution in [0.1, 0.15) is 85.7 Å². The average Bonchev–Trinajstić information content (AvgIpc) is 3.09. The van der Waals surface area contributed by atoms with Crippen LogP contribution in [0, 0.1) is 0 Å².